The van der Waals surface area contributed by atoms with Crippen molar-refractivity contribution in [1.29, 1.82) is 0 Å². The van der Waals surface area contributed by atoms with Crippen LogP contribution in [0.2, 0.25) is 0 Å². The van der Waals surface area contributed by atoms with Crippen LogP contribution in [0.3, 0.4) is 0 Å². The first-order valence-electron chi connectivity index (χ1n) is 10.2. The van der Waals surface area contributed by atoms with Crippen molar-refractivity contribution >= 4 is 23.4 Å². The Bertz CT molecular complexity index is 907. The number of nitrogens with two attached hydrogens (primary N) is 1. The molecule has 6 aliphatic rings. The molecule has 1 amide bonds. The SMILES string of the molecule is CC(=O)N1C[C@@H]2C(c3cc(C4=CNC(N)=NC4)nc(N4CC5CC4C5)n3)[C@@H]2C1. The van der Waals surface area contributed by atoms with E-state index < -0.39 is 0 Å². The molecule has 5 heterocycles. The largest absolute Gasteiger partial charge is 0.370 e. The second-order valence-corrected chi connectivity index (χ2v) is 8.91. The van der Waals surface area contributed by atoms with E-state index in [1.807, 2.05) is 11.1 Å². The molecule has 28 heavy (non-hydrogen) atoms. The zero-order chi connectivity index (χ0) is 19.0. The smallest absolute Gasteiger partial charge is 0.226 e. The van der Waals surface area contributed by atoms with E-state index in [0.29, 0.717) is 36.3 Å². The van der Waals surface area contributed by atoms with Crippen LogP contribution in [-0.2, 0) is 4.79 Å². The van der Waals surface area contributed by atoms with Gasteiger partial charge >= 0.3 is 0 Å². The lowest BCUT2D eigenvalue weighted by Gasteiger charge is -2.26. The summed E-state index contributed by atoms with van der Waals surface area (Å²) in [6.45, 7) is 4.99. The van der Waals surface area contributed by atoms with Gasteiger partial charge in [0.25, 0.3) is 0 Å². The van der Waals surface area contributed by atoms with Crippen LogP contribution >= 0.6 is 0 Å². The molecule has 3 N–H and O–H groups in total. The van der Waals surface area contributed by atoms with E-state index in [9.17, 15) is 4.79 Å². The van der Waals surface area contributed by atoms with Crippen molar-refractivity contribution in [3.8, 4) is 0 Å². The first-order chi connectivity index (χ1) is 13.6. The Morgan fingerprint density at radius 3 is 2.61 bits per heavy atom. The summed E-state index contributed by atoms with van der Waals surface area (Å²) in [5.41, 5.74) is 8.86. The highest BCUT2D eigenvalue weighted by molar-refractivity contribution is 5.84. The summed E-state index contributed by atoms with van der Waals surface area (Å²) < 4.78 is 0. The first kappa shape index (κ1) is 16.3. The van der Waals surface area contributed by atoms with Crippen molar-refractivity contribution in [1.82, 2.24) is 20.2 Å². The van der Waals surface area contributed by atoms with Gasteiger partial charge in [0.1, 0.15) is 0 Å². The number of nitrogens with one attached hydrogen (secondary N) is 1. The van der Waals surface area contributed by atoms with Crippen LogP contribution in [0.25, 0.3) is 5.57 Å². The number of aromatic nitrogens is 2. The number of carbonyl (C=O) groups is 1. The highest BCUT2D eigenvalue weighted by atomic mass is 16.2. The Balaban J connectivity index is 1.32. The third-order valence-electron chi connectivity index (χ3n) is 7.22. The maximum absolute atomic E-state index is 11.7. The average molecular weight is 379 g/mol. The average Bonchev–Trinajstić information content (AvgIpc) is 3.08. The van der Waals surface area contributed by atoms with Gasteiger partial charge in [-0.3, -0.25) is 4.79 Å². The highest BCUT2D eigenvalue weighted by Gasteiger charge is 2.58. The number of amides is 1. The Morgan fingerprint density at radius 1 is 1.21 bits per heavy atom. The molecule has 1 aromatic heterocycles. The van der Waals surface area contributed by atoms with Gasteiger partial charge in [-0.2, -0.15) is 0 Å². The number of carbonyl (C=O) groups excluding carboxylic acids is 1. The predicted octanol–water partition coefficient (Wildman–Crippen LogP) is 0.526. The number of aliphatic imine (C=N–C) groups is 1. The minimum atomic E-state index is 0.181. The lowest BCUT2D eigenvalue weighted by Crippen LogP contribution is -2.32. The molecule has 1 unspecified atom stereocenters. The van der Waals surface area contributed by atoms with Crippen molar-refractivity contribution < 1.29 is 4.79 Å². The summed E-state index contributed by atoms with van der Waals surface area (Å²) in [7, 11) is 0. The number of fused-ring (bicyclic) bond motifs is 2. The van der Waals surface area contributed by atoms with Gasteiger partial charge in [-0.25, -0.2) is 15.0 Å². The normalized spacial score (nSPS) is 35.0. The maximum Gasteiger partial charge on any atom is 0.226 e. The molecule has 8 nitrogen and oxygen atoms in total. The van der Waals surface area contributed by atoms with Crippen LogP contribution in [-0.4, -0.2) is 59.0 Å². The molecule has 0 aromatic carbocycles. The summed E-state index contributed by atoms with van der Waals surface area (Å²) in [5.74, 6) is 3.83. The summed E-state index contributed by atoms with van der Waals surface area (Å²) in [6, 6.07) is 2.74. The van der Waals surface area contributed by atoms with E-state index in [1.54, 1.807) is 6.92 Å². The van der Waals surface area contributed by atoms with Crippen molar-refractivity contribution in [3.05, 3.63) is 23.7 Å². The molecular formula is C20H25N7O. The number of piperidine rings is 1. The predicted molar refractivity (Wildman–Crippen MR) is 105 cm³/mol. The van der Waals surface area contributed by atoms with E-state index in [0.717, 1.165) is 48.5 Å². The fraction of sp³-hybridized carbons (Fsp3) is 0.600. The van der Waals surface area contributed by atoms with Crippen molar-refractivity contribution in [2.24, 2.45) is 28.5 Å². The highest BCUT2D eigenvalue weighted by Crippen LogP contribution is 2.58. The van der Waals surface area contributed by atoms with Gasteiger partial charge in [0.15, 0.2) is 5.96 Å². The first-order valence-corrected chi connectivity index (χ1v) is 10.2. The van der Waals surface area contributed by atoms with Crippen LogP contribution in [0, 0.1) is 17.8 Å². The minimum Gasteiger partial charge on any atom is -0.370 e. The third kappa shape index (κ3) is 2.43. The van der Waals surface area contributed by atoms with E-state index in [4.69, 9.17) is 15.7 Å². The quantitative estimate of drug-likeness (QED) is 0.795. The van der Waals surface area contributed by atoms with Crippen molar-refractivity contribution in [2.45, 2.75) is 31.7 Å². The van der Waals surface area contributed by atoms with Crippen LogP contribution < -0.4 is 16.0 Å². The van der Waals surface area contributed by atoms with E-state index in [2.05, 4.69) is 21.3 Å². The lowest BCUT2D eigenvalue weighted by atomic mass is 9.86. The Labute approximate surface area is 163 Å². The van der Waals surface area contributed by atoms with Gasteiger partial charge in [0.2, 0.25) is 11.9 Å². The minimum absolute atomic E-state index is 0.181. The molecule has 2 aliphatic carbocycles. The molecule has 146 valence electrons. The van der Waals surface area contributed by atoms with Crippen molar-refractivity contribution in [2.75, 3.05) is 31.1 Å². The second kappa shape index (κ2) is 5.68. The fourth-order valence-corrected chi connectivity index (χ4v) is 5.49. The summed E-state index contributed by atoms with van der Waals surface area (Å²) >= 11 is 0. The number of hydrogen-bond acceptors (Lipinski definition) is 7. The molecule has 8 heteroatoms. The zero-order valence-corrected chi connectivity index (χ0v) is 16.0. The van der Waals surface area contributed by atoms with Gasteiger partial charge in [-0.15, -0.1) is 0 Å². The monoisotopic (exact) mass is 379 g/mol. The molecule has 3 saturated heterocycles. The summed E-state index contributed by atoms with van der Waals surface area (Å²) in [4.78, 5) is 30.3. The number of hydrogen-bond donors (Lipinski definition) is 2. The number of guanidine groups is 1. The molecular weight excluding hydrogens is 354 g/mol. The Kier molecular flexibility index (Phi) is 3.31. The molecule has 0 spiro atoms. The molecule has 7 rings (SSSR count). The van der Waals surface area contributed by atoms with Gasteiger partial charge in [0.05, 0.1) is 17.9 Å². The molecule has 5 fully saturated rings. The van der Waals surface area contributed by atoms with Crippen LogP contribution in [0.4, 0.5) is 5.95 Å². The third-order valence-corrected chi connectivity index (χ3v) is 7.22. The second-order valence-electron chi connectivity index (χ2n) is 8.91. The van der Waals surface area contributed by atoms with Gasteiger partial charge < -0.3 is 20.9 Å². The molecule has 3 atom stereocenters. The summed E-state index contributed by atoms with van der Waals surface area (Å²) in [5, 5.41) is 3.01. The zero-order valence-electron chi connectivity index (χ0n) is 16.0. The molecule has 0 radical (unpaired) electrons. The number of rotatable bonds is 3. The molecule has 2 saturated carbocycles. The summed E-state index contributed by atoms with van der Waals surface area (Å²) in [6.07, 6.45) is 4.46. The Hall–Kier alpha value is -2.64. The fourth-order valence-electron chi connectivity index (χ4n) is 5.49. The lowest BCUT2D eigenvalue weighted by molar-refractivity contribution is -0.128. The Morgan fingerprint density at radius 2 is 2.00 bits per heavy atom. The van der Waals surface area contributed by atoms with Gasteiger partial charge in [-0.1, -0.05) is 0 Å². The number of likely N-dealkylation sites (tertiary alicyclic amines) is 1. The topological polar surface area (TPSA) is 99.7 Å². The standard InChI is InChI=1S/C20H25N7O/c1-10(28)26-8-14-15(9-26)18(14)17-4-16(12-5-22-19(21)23-6-12)24-20(25-17)27-7-11-2-13(27)3-11/h4-5,11,13-15,18H,2-3,6-9H2,1H3,(H3,21,22,23)/t11?,13?,14-,15+,18?. The van der Waals surface area contributed by atoms with Gasteiger partial charge in [-0.05, 0) is 36.7 Å². The number of anilines is 1. The van der Waals surface area contributed by atoms with E-state index >= 15 is 0 Å². The van der Waals surface area contributed by atoms with E-state index in [-0.39, 0.29) is 5.91 Å². The van der Waals surface area contributed by atoms with Crippen LogP contribution in [0.1, 0.15) is 37.1 Å². The maximum atomic E-state index is 11.7. The van der Waals surface area contributed by atoms with Gasteiger partial charge in [0, 0.05) is 50.3 Å². The molecule has 2 bridgehead atoms. The van der Waals surface area contributed by atoms with Crippen LogP contribution in [0.5, 0.6) is 0 Å². The van der Waals surface area contributed by atoms with Crippen molar-refractivity contribution in [3.63, 3.8) is 0 Å². The number of nitrogens with zero attached hydrogens (tertiary/aromatic N) is 5. The van der Waals surface area contributed by atoms with Crippen LogP contribution in [0.15, 0.2) is 17.3 Å². The molecule has 4 aliphatic heterocycles. The van der Waals surface area contributed by atoms with E-state index in [1.165, 1.54) is 12.8 Å². The molecule has 1 aromatic rings.